The molecule has 0 aliphatic heterocycles. The molecule has 0 aliphatic rings. The van der Waals surface area contributed by atoms with E-state index in [-0.39, 0.29) is 0 Å². The van der Waals surface area contributed by atoms with Gasteiger partial charge in [-0.1, -0.05) is 49.1 Å². The highest BCUT2D eigenvalue weighted by Crippen LogP contribution is 2.04. The summed E-state index contributed by atoms with van der Waals surface area (Å²) in [6.07, 6.45) is 15.0. The number of rotatable bonds is 7. The van der Waals surface area contributed by atoms with Crippen LogP contribution in [0.1, 0.15) is 32.6 Å². The lowest BCUT2D eigenvalue weighted by Crippen LogP contribution is -1.73. The molecule has 0 unspecified atom stereocenters. The minimum absolute atomic E-state index is 1.03. The van der Waals surface area contributed by atoms with E-state index in [1.165, 1.54) is 0 Å². The van der Waals surface area contributed by atoms with Gasteiger partial charge in [0.05, 0.1) is 0 Å². The molecule has 0 nitrogen and oxygen atoms in total. The lowest BCUT2D eigenvalue weighted by atomic mass is 10.1. The third kappa shape index (κ3) is 8.87. The van der Waals surface area contributed by atoms with E-state index in [0.717, 1.165) is 31.3 Å². The standard InChI is InChI=1S/C13H20/c1-4-6-7-8-9-10-11-12-13(3)5-2/h4-6,9-10H,2-3,7-8,11-12H2,1H3/b6-4+,10-9+. The molecule has 0 aliphatic carbocycles. The van der Waals surface area contributed by atoms with Gasteiger partial charge >= 0.3 is 0 Å². The van der Waals surface area contributed by atoms with E-state index < -0.39 is 0 Å². The highest BCUT2D eigenvalue weighted by atomic mass is 13.9. The van der Waals surface area contributed by atoms with Crippen LogP contribution in [-0.2, 0) is 0 Å². The van der Waals surface area contributed by atoms with Gasteiger partial charge in [-0.15, -0.1) is 0 Å². The SMILES string of the molecule is C=CC(=C)CC/C=C/CC/C=C/C. The van der Waals surface area contributed by atoms with Gasteiger partial charge in [-0.05, 0) is 32.6 Å². The molecule has 0 atom stereocenters. The average Bonchev–Trinajstić information content (AvgIpc) is 2.16. The fourth-order valence-electron chi connectivity index (χ4n) is 0.966. The average molecular weight is 176 g/mol. The predicted octanol–water partition coefficient (Wildman–Crippen LogP) is 4.42. The zero-order valence-electron chi connectivity index (χ0n) is 8.63. The van der Waals surface area contributed by atoms with Crippen molar-refractivity contribution in [2.75, 3.05) is 0 Å². The lowest BCUT2D eigenvalue weighted by molar-refractivity contribution is 0.983. The van der Waals surface area contributed by atoms with Crippen LogP contribution in [0.2, 0.25) is 0 Å². The molecule has 0 amide bonds. The Bertz CT molecular complexity index is 194. The fourth-order valence-corrected chi connectivity index (χ4v) is 0.966. The van der Waals surface area contributed by atoms with E-state index in [4.69, 9.17) is 0 Å². The molecule has 0 bridgehead atoms. The van der Waals surface area contributed by atoms with E-state index in [0.29, 0.717) is 0 Å². The van der Waals surface area contributed by atoms with E-state index in [1.807, 2.05) is 6.08 Å². The molecule has 0 rings (SSSR count). The summed E-state index contributed by atoms with van der Waals surface area (Å²) < 4.78 is 0. The van der Waals surface area contributed by atoms with Crippen molar-refractivity contribution in [3.63, 3.8) is 0 Å². The Morgan fingerprint density at radius 2 is 1.69 bits per heavy atom. The first-order chi connectivity index (χ1) is 6.31. The smallest absolute Gasteiger partial charge is 0.0250 e. The van der Waals surface area contributed by atoms with Gasteiger partial charge in [0, 0.05) is 0 Å². The minimum atomic E-state index is 1.03. The van der Waals surface area contributed by atoms with Crippen molar-refractivity contribution >= 4 is 0 Å². The number of hydrogen-bond acceptors (Lipinski definition) is 0. The zero-order chi connectivity index (χ0) is 9.94. The van der Waals surface area contributed by atoms with Crippen LogP contribution in [0.5, 0.6) is 0 Å². The Morgan fingerprint density at radius 1 is 1.08 bits per heavy atom. The van der Waals surface area contributed by atoms with Crippen LogP contribution in [0, 0.1) is 0 Å². The third-order valence-corrected chi connectivity index (χ3v) is 1.82. The summed E-state index contributed by atoms with van der Waals surface area (Å²) >= 11 is 0. The Morgan fingerprint density at radius 3 is 2.31 bits per heavy atom. The van der Waals surface area contributed by atoms with E-state index in [9.17, 15) is 0 Å². The zero-order valence-corrected chi connectivity index (χ0v) is 8.63. The Balaban J connectivity index is 3.31. The Labute approximate surface area is 82.4 Å². The largest absolute Gasteiger partial charge is 0.0988 e. The van der Waals surface area contributed by atoms with E-state index in [2.05, 4.69) is 44.4 Å². The van der Waals surface area contributed by atoms with E-state index >= 15 is 0 Å². The molecule has 0 saturated carbocycles. The van der Waals surface area contributed by atoms with Crippen molar-refractivity contribution in [3.05, 3.63) is 49.1 Å². The summed E-state index contributed by atoms with van der Waals surface area (Å²) in [5.41, 5.74) is 1.12. The molecular weight excluding hydrogens is 156 g/mol. The number of allylic oxidation sites excluding steroid dienone is 6. The summed E-state index contributed by atoms with van der Waals surface area (Å²) in [6, 6.07) is 0. The molecule has 0 spiro atoms. The van der Waals surface area contributed by atoms with Crippen molar-refractivity contribution in [3.8, 4) is 0 Å². The molecule has 0 heterocycles. The summed E-state index contributed by atoms with van der Waals surface area (Å²) in [6.45, 7) is 9.58. The molecular formula is C13H20. The van der Waals surface area contributed by atoms with Crippen molar-refractivity contribution < 1.29 is 0 Å². The molecule has 0 heteroatoms. The highest BCUT2D eigenvalue weighted by molar-refractivity contribution is 5.11. The normalized spacial score (nSPS) is 11.2. The molecule has 0 aromatic heterocycles. The topological polar surface area (TPSA) is 0 Å². The number of unbranched alkanes of at least 4 members (excludes halogenated alkanes) is 1. The number of hydrogen-bond donors (Lipinski definition) is 0. The summed E-state index contributed by atoms with van der Waals surface area (Å²) in [7, 11) is 0. The van der Waals surface area contributed by atoms with Crippen LogP contribution in [-0.4, -0.2) is 0 Å². The van der Waals surface area contributed by atoms with Crippen molar-refractivity contribution in [1.82, 2.24) is 0 Å². The molecule has 0 radical (unpaired) electrons. The second-order valence-electron chi connectivity index (χ2n) is 3.02. The minimum Gasteiger partial charge on any atom is -0.0988 e. The molecule has 72 valence electrons. The van der Waals surface area contributed by atoms with Crippen LogP contribution < -0.4 is 0 Å². The third-order valence-electron chi connectivity index (χ3n) is 1.82. The first-order valence-corrected chi connectivity index (χ1v) is 4.87. The first kappa shape index (κ1) is 12.0. The Hall–Kier alpha value is -1.04. The van der Waals surface area contributed by atoms with Gasteiger partial charge in [0.2, 0.25) is 0 Å². The van der Waals surface area contributed by atoms with Crippen LogP contribution in [0.25, 0.3) is 0 Å². The van der Waals surface area contributed by atoms with E-state index in [1.54, 1.807) is 0 Å². The fraction of sp³-hybridized carbons (Fsp3) is 0.385. The van der Waals surface area contributed by atoms with Gasteiger partial charge in [0.25, 0.3) is 0 Å². The van der Waals surface area contributed by atoms with Gasteiger partial charge in [0.1, 0.15) is 0 Å². The molecule has 0 aromatic rings. The molecule has 13 heavy (non-hydrogen) atoms. The maximum atomic E-state index is 3.86. The molecule has 0 N–H and O–H groups in total. The highest BCUT2D eigenvalue weighted by Gasteiger charge is 1.84. The second-order valence-corrected chi connectivity index (χ2v) is 3.02. The van der Waals surface area contributed by atoms with Gasteiger partial charge in [-0.25, -0.2) is 0 Å². The van der Waals surface area contributed by atoms with Crippen LogP contribution >= 0.6 is 0 Å². The summed E-state index contributed by atoms with van der Waals surface area (Å²) in [5.74, 6) is 0. The second kappa shape index (κ2) is 9.05. The van der Waals surface area contributed by atoms with Crippen molar-refractivity contribution in [2.24, 2.45) is 0 Å². The van der Waals surface area contributed by atoms with Crippen molar-refractivity contribution in [1.29, 1.82) is 0 Å². The monoisotopic (exact) mass is 176 g/mol. The van der Waals surface area contributed by atoms with Gasteiger partial charge in [-0.2, -0.15) is 0 Å². The molecule has 0 aromatic carbocycles. The van der Waals surface area contributed by atoms with Gasteiger partial charge in [0.15, 0.2) is 0 Å². The van der Waals surface area contributed by atoms with Crippen LogP contribution in [0.3, 0.4) is 0 Å². The first-order valence-electron chi connectivity index (χ1n) is 4.87. The van der Waals surface area contributed by atoms with Crippen molar-refractivity contribution in [2.45, 2.75) is 32.6 Å². The van der Waals surface area contributed by atoms with Gasteiger partial charge < -0.3 is 0 Å². The summed E-state index contributed by atoms with van der Waals surface area (Å²) in [4.78, 5) is 0. The predicted molar refractivity (Wildman–Crippen MR) is 61.8 cm³/mol. The molecule has 0 fully saturated rings. The summed E-state index contributed by atoms with van der Waals surface area (Å²) in [5, 5.41) is 0. The quantitative estimate of drug-likeness (QED) is 0.306. The Kier molecular flexibility index (Phi) is 8.33. The maximum absolute atomic E-state index is 3.86. The van der Waals surface area contributed by atoms with Crippen LogP contribution in [0.15, 0.2) is 49.1 Å². The molecule has 0 saturated heterocycles. The van der Waals surface area contributed by atoms with Gasteiger partial charge in [-0.3, -0.25) is 0 Å². The lowest BCUT2D eigenvalue weighted by Gasteiger charge is -1.93. The van der Waals surface area contributed by atoms with Crippen LogP contribution in [0.4, 0.5) is 0 Å². The maximum Gasteiger partial charge on any atom is -0.0250 e.